The monoisotopic (exact) mass is 1410 g/mol. The molecule has 0 aromatic rings. The predicted molar refractivity (Wildman–Crippen MR) is 365 cm³/mol. The summed E-state index contributed by atoms with van der Waals surface area (Å²) in [5.41, 5.74) is 0. The molecule has 18 atom stereocenters. The van der Waals surface area contributed by atoms with E-state index in [1.54, 1.807) is 0 Å². The van der Waals surface area contributed by atoms with Crippen molar-refractivity contribution in [2.45, 2.75) is 388 Å². The Morgan fingerprint density at radius 2 is 0.722 bits per heavy atom. The van der Waals surface area contributed by atoms with Crippen LogP contribution < -0.4 is 0 Å². The number of unbranched alkanes of at least 4 members (excludes halogenated alkanes) is 33. The second-order valence-electron chi connectivity index (χ2n) is 27.0. The van der Waals surface area contributed by atoms with E-state index in [4.69, 9.17) is 42.2 Å². The van der Waals surface area contributed by atoms with Crippen LogP contribution in [0.25, 0.3) is 0 Å². The fourth-order valence-corrected chi connectivity index (χ4v) is 13.2. The van der Waals surface area contributed by atoms with Crippen molar-refractivity contribution in [3.63, 3.8) is 0 Å². The SMILES string of the molecule is CCCCCC/C=C\CCCCCCCCCC(=O)OCC1OC(OC2C(O)C(O)C(O)C(OC3OC(CO)C(O)C(O)C3O)C2OP(=O)(O)OCC(COC(=O)CCCCC/C=C\CCCCCCCCC)OC(=O)CCCCCCCCCCCCCCC)C(O)C(O)C1O. The number of allylic oxidation sites excluding steroid dienone is 4. The van der Waals surface area contributed by atoms with Crippen molar-refractivity contribution >= 4 is 25.7 Å². The minimum atomic E-state index is -5.70. The fourth-order valence-electron chi connectivity index (χ4n) is 12.3. The van der Waals surface area contributed by atoms with Gasteiger partial charge in [-0.25, -0.2) is 4.57 Å². The highest BCUT2D eigenvalue weighted by Gasteiger charge is 2.58. The number of rotatable bonds is 58. The second-order valence-corrected chi connectivity index (χ2v) is 28.4. The quantitative estimate of drug-likeness (QED) is 0.00886. The molecule has 0 radical (unpaired) electrons. The molecule has 0 aromatic carbocycles. The Morgan fingerprint density at radius 1 is 0.392 bits per heavy atom. The summed E-state index contributed by atoms with van der Waals surface area (Å²) in [6.45, 7) is 3.41. The molecule has 97 heavy (non-hydrogen) atoms. The van der Waals surface area contributed by atoms with Crippen molar-refractivity contribution in [1.29, 1.82) is 0 Å². The van der Waals surface area contributed by atoms with Crippen LogP contribution in [0.5, 0.6) is 0 Å². The zero-order chi connectivity index (χ0) is 71.1. The molecule has 25 heteroatoms. The normalized spacial score (nSPS) is 27.9. The van der Waals surface area contributed by atoms with Crippen molar-refractivity contribution in [3.05, 3.63) is 24.3 Å². The summed E-state index contributed by atoms with van der Waals surface area (Å²) in [5, 5.41) is 110. The molecule has 0 spiro atoms. The van der Waals surface area contributed by atoms with Gasteiger partial charge >= 0.3 is 25.7 Å². The molecule has 18 unspecified atom stereocenters. The fraction of sp³-hybridized carbons (Fsp3) is 0.903. The third kappa shape index (κ3) is 37.4. The summed E-state index contributed by atoms with van der Waals surface area (Å²) in [6.07, 6.45) is 13.9. The molecule has 1 saturated carbocycles. The smallest absolute Gasteiger partial charge is 0.463 e. The maximum Gasteiger partial charge on any atom is 0.472 e. The molecule has 11 N–H and O–H groups in total. The van der Waals surface area contributed by atoms with E-state index in [9.17, 15) is 74.9 Å². The number of carbonyl (C=O) groups is 3. The predicted octanol–water partition coefficient (Wildman–Crippen LogP) is 10.1. The second kappa shape index (κ2) is 54.1. The number of phosphoric acid groups is 1. The largest absolute Gasteiger partial charge is 0.472 e. The molecule has 0 amide bonds. The van der Waals surface area contributed by atoms with E-state index in [0.29, 0.717) is 19.3 Å². The summed E-state index contributed by atoms with van der Waals surface area (Å²) in [5.74, 6) is -2.01. The topological polar surface area (TPSA) is 374 Å². The third-order valence-electron chi connectivity index (χ3n) is 18.5. The van der Waals surface area contributed by atoms with Gasteiger partial charge in [-0.15, -0.1) is 0 Å². The van der Waals surface area contributed by atoms with Crippen molar-refractivity contribution in [1.82, 2.24) is 0 Å². The summed E-state index contributed by atoms with van der Waals surface area (Å²) in [7, 11) is -5.70. The van der Waals surface area contributed by atoms with Gasteiger partial charge in [-0.2, -0.15) is 0 Å². The van der Waals surface area contributed by atoms with Gasteiger partial charge in [0, 0.05) is 19.3 Å². The number of carbonyl (C=O) groups excluding carboxylic acids is 3. The van der Waals surface area contributed by atoms with E-state index in [0.717, 1.165) is 116 Å². The highest BCUT2D eigenvalue weighted by molar-refractivity contribution is 7.47. The van der Waals surface area contributed by atoms with E-state index in [1.165, 1.54) is 109 Å². The van der Waals surface area contributed by atoms with E-state index in [1.807, 2.05) is 0 Å². The summed E-state index contributed by atoms with van der Waals surface area (Å²) in [6, 6.07) is 0. The Balaban J connectivity index is 1.74. The van der Waals surface area contributed by atoms with Gasteiger partial charge in [-0.05, 0) is 70.6 Å². The summed E-state index contributed by atoms with van der Waals surface area (Å²) in [4.78, 5) is 50.9. The summed E-state index contributed by atoms with van der Waals surface area (Å²) >= 11 is 0. The van der Waals surface area contributed by atoms with Crippen LogP contribution in [0, 0.1) is 0 Å². The first-order valence-electron chi connectivity index (χ1n) is 37.6. The van der Waals surface area contributed by atoms with Gasteiger partial charge in [0.2, 0.25) is 0 Å². The Labute approximate surface area is 579 Å². The lowest BCUT2D eigenvalue weighted by Crippen LogP contribution is -2.69. The number of aliphatic hydroxyl groups excluding tert-OH is 10. The van der Waals surface area contributed by atoms with Gasteiger partial charge in [0.15, 0.2) is 18.7 Å². The average molecular weight is 1410 g/mol. The highest BCUT2D eigenvalue weighted by Crippen LogP contribution is 2.49. The minimum Gasteiger partial charge on any atom is -0.463 e. The first-order valence-corrected chi connectivity index (χ1v) is 39.1. The molecule has 2 heterocycles. The summed E-state index contributed by atoms with van der Waals surface area (Å²) < 4.78 is 65.0. The van der Waals surface area contributed by atoms with E-state index in [-0.39, 0.29) is 19.3 Å². The van der Waals surface area contributed by atoms with Gasteiger partial charge in [-0.3, -0.25) is 23.4 Å². The Morgan fingerprint density at radius 3 is 1.13 bits per heavy atom. The van der Waals surface area contributed by atoms with Crippen LogP contribution in [0.2, 0.25) is 0 Å². The Bertz CT molecular complexity index is 2110. The van der Waals surface area contributed by atoms with Gasteiger partial charge in [0.05, 0.1) is 13.2 Å². The molecule has 0 aromatic heterocycles. The van der Waals surface area contributed by atoms with Crippen LogP contribution in [0.15, 0.2) is 24.3 Å². The van der Waals surface area contributed by atoms with E-state index in [2.05, 4.69) is 45.1 Å². The third-order valence-corrected chi connectivity index (χ3v) is 19.4. The molecule has 568 valence electrons. The van der Waals surface area contributed by atoms with Gasteiger partial charge in [-0.1, -0.05) is 218 Å². The van der Waals surface area contributed by atoms with Crippen LogP contribution in [0.3, 0.4) is 0 Å². The number of aliphatic hydroxyl groups is 10. The van der Waals surface area contributed by atoms with Crippen LogP contribution in [0.1, 0.15) is 284 Å². The lowest BCUT2D eigenvalue weighted by atomic mass is 9.84. The van der Waals surface area contributed by atoms with Crippen LogP contribution in [-0.2, 0) is 61.2 Å². The molecule has 3 rings (SSSR count). The van der Waals surface area contributed by atoms with E-state index < -0.39 is 156 Å². The number of esters is 3. The number of ether oxygens (including phenoxy) is 7. The van der Waals surface area contributed by atoms with Gasteiger partial charge in [0.25, 0.3) is 0 Å². The molecule has 0 bridgehead atoms. The first kappa shape index (κ1) is 88.7. The van der Waals surface area contributed by atoms with Crippen LogP contribution in [0.4, 0.5) is 0 Å². The molecule has 2 saturated heterocycles. The number of hydrogen-bond acceptors (Lipinski definition) is 23. The lowest BCUT2D eigenvalue weighted by Gasteiger charge is -2.49. The van der Waals surface area contributed by atoms with Crippen LogP contribution >= 0.6 is 7.82 Å². The molecule has 3 fully saturated rings. The molecule has 1 aliphatic carbocycles. The van der Waals surface area contributed by atoms with Gasteiger partial charge in [0.1, 0.15) is 98.7 Å². The maximum absolute atomic E-state index is 14.3. The highest BCUT2D eigenvalue weighted by atomic mass is 31.2. The minimum absolute atomic E-state index is 0.0231. The number of phosphoric ester groups is 1. The Kier molecular flexibility index (Phi) is 49.5. The van der Waals surface area contributed by atoms with Crippen molar-refractivity contribution in [2.24, 2.45) is 0 Å². The standard InChI is InChI=1S/C72H131O24P/c1-4-7-10-13-16-19-22-25-27-30-32-35-38-41-44-47-57(75)89-52-55-60(78)62(80)67(85)72(93-55)95-69-65(83)63(81)64(82)68(94-71-66(84)61(79)59(77)54(49-73)92-71)70(69)96-97(86,87)90-51-53(91-58(76)48-45-42-39-36-33-28-24-21-18-15-12-9-6-3)50-88-56(74)46-43-40-37-34-31-29-26-23-20-17-14-11-8-5-2/h19,22,29,31,53-55,59-73,77-85H,4-18,20-21,23-28,30,32-52H2,1-3H3,(H,86,87)/b22-19-,31-29-. The Hall–Kier alpha value is -2.56. The molecular formula is C72H131O24P. The van der Waals surface area contributed by atoms with Crippen molar-refractivity contribution in [3.8, 4) is 0 Å². The zero-order valence-corrected chi connectivity index (χ0v) is 60.0. The lowest BCUT2D eigenvalue weighted by molar-refractivity contribution is -0.360. The maximum atomic E-state index is 14.3. The van der Waals surface area contributed by atoms with Crippen molar-refractivity contribution in [2.75, 3.05) is 26.4 Å². The van der Waals surface area contributed by atoms with Gasteiger partial charge < -0.3 is 89.1 Å². The molecule has 3 aliphatic rings. The van der Waals surface area contributed by atoms with Crippen LogP contribution in [-0.4, -0.2) is 204 Å². The molecular weight excluding hydrogens is 1280 g/mol. The van der Waals surface area contributed by atoms with E-state index >= 15 is 0 Å². The molecule has 2 aliphatic heterocycles. The molecule has 24 nitrogen and oxygen atoms in total. The first-order chi connectivity index (χ1) is 46.8. The zero-order valence-electron chi connectivity index (χ0n) is 59.1. The van der Waals surface area contributed by atoms with Crippen molar-refractivity contribution < 1.29 is 117 Å². The average Bonchev–Trinajstić information content (AvgIpc) is 0.764. The number of hydrogen-bond donors (Lipinski definition) is 11.